The van der Waals surface area contributed by atoms with Crippen LogP contribution in [0.3, 0.4) is 0 Å². The van der Waals surface area contributed by atoms with Crippen LogP contribution < -0.4 is 5.32 Å². The van der Waals surface area contributed by atoms with Crippen LogP contribution in [-0.4, -0.2) is 20.3 Å². The molecule has 21 heavy (non-hydrogen) atoms. The Bertz CT molecular complexity index is 771. The molecule has 0 bridgehead atoms. The van der Waals surface area contributed by atoms with E-state index in [1.807, 2.05) is 61.3 Å². The minimum absolute atomic E-state index is 0.165. The highest BCUT2D eigenvalue weighted by molar-refractivity contribution is 6.04. The van der Waals surface area contributed by atoms with Gasteiger partial charge >= 0.3 is 0 Å². The number of anilines is 1. The third-order valence-corrected chi connectivity index (χ3v) is 3.31. The zero-order valence-electron chi connectivity index (χ0n) is 11.9. The number of carbonyl (C=O) groups excluding carboxylic acids is 1. The summed E-state index contributed by atoms with van der Waals surface area (Å²) < 4.78 is 3.64. The normalized spacial score (nSPS) is 10.6. The van der Waals surface area contributed by atoms with E-state index in [4.69, 9.17) is 0 Å². The summed E-state index contributed by atoms with van der Waals surface area (Å²) >= 11 is 0. The summed E-state index contributed by atoms with van der Waals surface area (Å²) in [6.45, 7) is 2.02. The molecule has 5 nitrogen and oxygen atoms in total. The van der Waals surface area contributed by atoms with Crippen LogP contribution in [0.25, 0.3) is 5.69 Å². The van der Waals surface area contributed by atoms with E-state index in [0.29, 0.717) is 11.4 Å². The number of hydrogen-bond donors (Lipinski definition) is 1. The highest BCUT2D eigenvalue weighted by Gasteiger charge is 2.10. The van der Waals surface area contributed by atoms with Crippen molar-refractivity contribution in [3.05, 3.63) is 66.1 Å². The summed E-state index contributed by atoms with van der Waals surface area (Å²) in [7, 11) is 1.81. The molecule has 2 heterocycles. The van der Waals surface area contributed by atoms with Crippen molar-refractivity contribution >= 4 is 11.7 Å². The van der Waals surface area contributed by atoms with Crippen molar-refractivity contribution in [3.63, 3.8) is 0 Å². The molecule has 1 amide bonds. The Labute approximate surface area is 122 Å². The number of carbonyl (C=O) groups is 1. The molecule has 5 heteroatoms. The van der Waals surface area contributed by atoms with E-state index in [9.17, 15) is 4.79 Å². The second-order valence-corrected chi connectivity index (χ2v) is 4.92. The lowest BCUT2D eigenvalue weighted by Crippen LogP contribution is -2.13. The summed E-state index contributed by atoms with van der Waals surface area (Å²) in [5, 5.41) is 6.94. The predicted octanol–water partition coefficient (Wildman–Crippen LogP) is 2.77. The Morgan fingerprint density at radius 2 is 1.90 bits per heavy atom. The molecule has 0 fully saturated rings. The largest absolute Gasteiger partial charge is 0.324 e. The summed E-state index contributed by atoms with van der Waals surface area (Å²) in [6, 6.07) is 11.3. The van der Waals surface area contributed by atoms with Gasteiger partial charge in [0.1, 0.15) is 0 Å². The first-order valence-corrected chi connectivity index (χ1v) is 6.68. The van der Waals surface area contributed by atoms with Crippen LogP contribution in [-0.2, 0) is 7.05 Å². The van der Waals surface area contributed by atoms with Gasteiger partial charge in [0.05, 0.1) is 0 Å². The van der Waals surface area contributed by atoms with E-state index in [1.165, 1.54) is 0 Å². The van der Waals surface area contributed by atoms with Crippen molar-refractivity contribution in [2.75, 3.05) is 5.32 Å². The lowest BCUT2D eigenvalue weighted by molar-refractivity contribution is 0.102. The summed E-state index contributed by atoms with van der Waals surface area (Å²) in [5.41, 5.74) is 2.71. The lowest BCUT2D eigenvalue weighted by Gasteiger charge is -2.10. The maximum Gasteiger partial charge on any atom is 0.256 e. The van der Waals surface area contributed by atoms with Crippen LogP contribution in [0, 0.1) is 6.92 Å². The van der Waals surface area contributed by atoms with Gasteiger partial charge in [0.2, 0.25) is 0 Å². The van der Waals surface area contributed by atoms with Gasteiger partial charge in [0.15, 0.2) is 5.82 Å². The molecule has 0 unspecified atom stereocenters. The fraction of sp³-hybridized carbons (Fsp3) is 0.125. The average Bonchev–Trinajstić information content (AvgIpc) is 3.11. The molecule has 0 aliphatic heterocycles. The number of nitrogens with zero attached hydrogens (tertiary/aromatic N) is 3. The zero-order valence-corrected chi connectivity index (χ0v) is 11.9. The van der Waals surface area contributed by atoms with E-state index < -0.39 is 0 Å². The molecule has 2 aromatic heterocycles. The predicted molar refractivity (Wildman–Crippen MR) is 81.7 cm³/mol. The minimum Gasteiger partial charge on any atom is -0.324 e. The van der Waals surface area contributed by atoms with Gasteiger partial charge in [-0.1, -0.05) is 6.07 Å². The highest BCUT2D eigenvalue weighted by atomic mass is 16.1. The van der Waals surface area contributed by atoms with Crippen LogP contribution in [0.4, 0.5) is 5.82 Å². The van der Waals surface area contributed by atoms with Crippen molar-refractivity contribution in [2.45, 2.75) is 6.92 Å². The quantitative estimate of drug-likeness (QED) is 0.802. The number of rotatable bonds is 3. The Balaban J connectivity index is 1.89. The highest BCUT2D eigenvalue weighted by Crippen LogP contribution is 2.17. The smallest absolute Gasteiger partial charge is 0.256 e. The third-order valence-electron chi connectivity index (χ3n) is 3.31. The van der Waals surface area contributed by atoms with Crippen molar-refractivity contribution in [3.8, 4) is 5.69 Å². The van der Waals surface area contributed by atoms with Crippen molar-refractivity contribution in [1.82, 2.24) is 14.3 Å². The van der Waals surface area contributed by atoms with E-state index in [-0.39, 0.29) is 5.91 Å². The van der Waals surface area contributed by atoms with Crippen LogP contribution in [0.5, 0.6) is 0 Å². The topological polar surface area (TPSA) is 51.9 Å². The van der Waals surface area contributed by atoms with E-state index in [1.54, 1.807) is 16.9 Å². The molecule has 3 rings (SSSR count). The Kier molecular flexibility index (Phi) is 3.31. The van der Waals surface area contributed by atoms with E-state index >= 15 is 0 Å². The van der Waals surface area contributed by atoms with Gasteiger partial charge in [-0.05, 0) is 36.8 Å². The molecular weight excluding hydrogens is 264 g/mol. The molecule has 0 atom stereocenters. The van der Waals surface area contributed by atoms with Crippen molar-refractivity contribution < 1.29 is 4.79 Å². The van der Waals surface area contributed by atoms with Crippen LogP contribution in [0.1, 0.15) is 15.9 Å². The zero-order chi connectivity index (χ0) is 14.8. The standard InChI is InChI=1S/C16H16N4O/c1-12-5-6-13(11-14(12)20-8-3-4-9-20)16(21)17-15-7-10-19(2)18-15/h3-11H,1-2H3,(H,17,18,21). The second-order valence-electron chi connectivity index (χ2n) is 4.92. The van der Waals surface area contributed by atoms with E-state index in [2.05, 4.69) is 10.4 Å². The summed E-state index contributed by atoms with van der Waals surface area (Å²) in [4.78, 5) is 12.3. The van der Waals surface area contributed by atoms with Gasteiger partial charge in [-0.2, -0.15) is 5.10 Å². The fourth-order valence-corrected chi connectivity index (χ4v) is 2.19. The molecule has 0 spiro atoms. The summed E-state index contributed by atoms with van der Waals surface area (Å²) in [6.07, 6.45) is 5.71. The number of benzene rings is 1. The molecule has 106 valence electrons. The first kappa shape index (κ1) is 13.2. The summed E-state index contributed by atoms with van der Waals surface area (Å²) in [5.74, 6) is 0.382. The third kappa shape index (κ3) is 2.72. The molecule has 0 radical (unpaired) electrons. The second kappa shape index (κ2) is 5.28. The monoisotopic (exact) mass is 280 g/mol. The first-order valence-electron chi connectivity index (χ1n) is 6.68. The molecular formula is C16H16N4O. The molecule has 0 saturated heterocycles. The van der Waals surface area contributed by atoms with Gasteiger partial charge in [-0.15, -0.1) is 0 Å². The number of aromatic nitrogens is 3. The molecule has 1 aromatic carbocycles. The number of hydrogen-bond acceptors (Lipinski definition) is 2. The van der Waals surface area contributed by atoms with Gasteiger partial charge in [-0.25, -0.2) is 0 Å². The molecule has 0 saturated carbocycles. The molecule has 3 aromatic rings. The maximum atomic E-state index is 12.3. The van der Waals surface area contributed by atoms with Crippen LogP contribution in [0.15, 0.2) is 55.0 Å². The lowest BCUT2D eigenvalue weighted by atomic mass is 10.1. The fourth-order valence-electron chi connectivity index (χ4n) is 2.19. The Morgan fingerprint density at radius 3 is 2.57 bits per heavy atom. The maximum absolute atomic E-state index is 12.3. The van der Waals surface area contributed by atoms with Crippen LogP contribution >= 0.6 is 0 Å². The van der Waals surface area contributed by atoms with Crippen molar-refractivity contribution in [2.24, 2.45) is 7.05 Å². The van der Waals surface area contributed by atoms with Gasteiger partial charge in [0, 0.05) is 43.0 Å². The van der Waals surface area contributed by atoms with Crippen LogP contribution in [0.2, 0.25) is 0 Å². The van der Waals surface area contributed by atoms with Gasteiger partial charge in [-0.3, -0.25) is 9.48 Å². The minimum atomic E-state index is -0.165. The van der Waals surface area contributed by atoms with E-state index in [0.717, 1.165) is 11.3 Å². The molecule has 0 aliphatic rings. The average molecular weight is 280 g/mol. The molecule has 0 aliphatic carbocycles. The number of nitrogens with one attached hydrogen (secondary N) is 1. The first-order chi connectivity index (χ1) is 10.1. The van der Waals surface area contributed by atoms with Gasteiger partial charge < -0.3 is 9.88 Å². The van der Waals surface area contributed by atoms with Gasteiger partial charge in [0.25, 0.3) is 5.91 Å². The SMILES string of the molecule is Cc1ccc(C(=O)Nc2ccn(C)n2)cc1-n1cccc1. The Morgan fingerprint density at radius 1 is 1.14 bits per heavy atom. The number of aryl methyl sites for hydroxylation is 2. The number of amides is 1. The Hall–Kier alpha value is -2.82. The van der Waals surface area contributed by atoms with Crippen molar-refractivity contribution in [1.29, 1.82) is 0 Å². The molecule has 1 N–H and O–H groups in total.